The third kappa shape index (κ3) is 4.31. The molecule has 34 heavy (non-hydrogen) atoms. The maximum atomic E-state index is 14.0. The van der Waals surface area contributed by atoms with Gasteiger partial charge in [-0.1, -0.05) is 23.7 Å². The number of hydrogen-bond acceptors (Lipinski definition) is 5. The molecule has 0 aliphatic carbocycles. The van der Waals surface area contributed by atoms with E-state index in [0.717, 1.165) is 21.6 Å². The summed E-state index contributed by atoms with van der Waals surface area (Å²) in [4.78, 5) is 12.8. The van der Waals surface area contributed by atoms with Crippen molar-refractivity contribution in [2.24, 2.45) is 7.05 Å². The van der Waals surface area contributed by atoms with E-state index in [1.165, 1.54) is 7.11 Å². The molecule has 2 N–H and O–H groups in total. The molecule has 0 radical (unpaired) electrons. The lowest BCUT2D eigenvalue weighted by Gasteiger charge is -2.33. The Morgan fingerprint density at radius 2 is 1.94 bits per heavy atom. The van der Waals surface area contributed by atoms with Gasteiger partial charge in [0.25, 0.3) is 5.91 Å². The molecular formula is C22H24ClF3N6O2. The van der Waals surface area contributed by atoms with Crippen LogP contribution < -0.4 is 15.4 Å². The van der Waals surface area contributed by atoms with E-state index in [1.54, 1.807) is 36.0 Å². The van der Waals surface area contributed by atoms with Crippen molar-refractivity contribution in [3.05, 3.63) is 57.5 Å². The Hall–Kier alpha value is -3.21. The minimum Gasteiger partial charge on any atom is -0.497 e. The number of carbonyl (C=O) groups excluding carboxylic acids is 1. The van der Waals surface area contributed by atoms with E-state index in [0.29, 0.717) is 11.3 Å². The molecule has 182 valence electrons. The Labute approximate surface area is 199 Å². The van der Waals surface area contributed by atoms with Gasteiger partial charge in [0, 0.05) is 31.3 Å². The van der Waals surface area contributed by atoms with Crippen molar-refractivity contribution in [2.45, 2.75) is 45.1 Å². The van der Waals surface area contributed by atoms with Crippen molar-refractivity contribution in [1.29, 1.82) is 0 Å². The SMILES string of the molecule is COc1ccc([C@@H]2C[C@@H](C(F)(F)F)n3nc(C(=O)NCc4c(C)nn(C)c4C)c(Cl)c3N2)cc1. The largest absolute Gasteiger partial charge is 0.497 e. The topological polar surface area (TPSA) is 86.0 Å². The molecule has 0 saturated carbocycles. The van der Waals surface area contributed by atoms with Crippen LogP contribution in [0.15, 0.2) is 24.3 Å². The number of benzene rings is 1. The minimum absolute atomic E-state index is 0.0463. The zero-order valence-corrected chi connectivity index (χ0v) is 19.8. The van der Waals surface area contributed by atoms with Crippen LogP contribution in [-0.4, -0.2) is 38.8 Å². The number of hydrogen-bond donors (Lipinski definition) is 2. The maximum absolute atomic E-state index is 14.0. The van der Waals surface area contributed by atoms with Gasteiger partial charge in [-0.3, -0.25) is 9.48 Å². The van der Waals surface area contributed by atoms with E-state index in [2.05, 4.69) is 20.8 Å². The third-order valence-electron chi connectivity index (χ3n) is 6.11. The van der Waals surface area contributed by atoms with Gasteiger partial charge in [-0.05, 0) is 31.5 Å². The lowest BCUT2D eigenvalue weighted by Crippen LogP contribution is -2.35. The first-order chi connectivity index (χ1) is 16.0. The van der Waals surface area contributed by atoms with Gasteiger partial charge in [0.1, 0.15) is 16.6 Å². The lowest BCUT2D eigenvalue weighted by molar-refractivity contribution is -0.173. The number of carbonyl (C=O) groups is 1. The number of methoxy groups -OCH3 is 1. The quantitative estimate of drug-likeness (QED) is 0.544. The molecule has 0 unspecified atom stereocenters. The van der Waals surface area contributed by atoms with Crippen molar-refractivity contribution >= 4 is 23.3 Å². The summed E-state index contributed by atoms with van der Waals surface area (Å²) in [5, 5.41) is 13.8. The molecule has 2 atom stereocenters. The second-order valence-electron chi connectivity index (χ2n) is 8.17. The summed E-state index contributed by atoms with van der Waals surface area (Å²) in [5.41, 5.74) is 2.80. The Kier molecular flexibility index (Phi) is 6.24. The van der Waals surface area contributed by atoms with Gasteiger partial charge >= 0.3 is 6.18 Å². The van der Waals surface area contributed by atoms with Crippen molar-refractivity contribution in [3.63, 3.8) is 0 Å². The fourth-order valence-corrected chi connectivity index (χ4v) is 4.38. The Morgan fingerprint density at radius 3 is 2.50 bits per heavy atom. The Morgan fingerprint density at radius 1 is 1.26 bits per heavy atom. The zero-order chi connectivity index (χ0) is 24.8. The van der Waals surface area contributed by atoms with Crippen LogP contribution in [0.25, 0.3) is 0 Å². The van der Waals surface area contributed by atoms with Crippen LogP contribution in [-0.2, 0) is 13.6 Å². The van der Waals surface area contributed by atoms with Crippen LogP contribution in [0.3, 0.4) is 0 Å². The highest BCUT2D eigenvalue weighted by molar-refractivity contribution is 6.36. The first-order valence-corrected chi connectivity index (χ1v) is 10.9. The predicted molar refractivity (Wildman–Crippen MR) is 120 cm³/mol. The molecule has 0 fully saturated rings. The second-order valence-corrected chi connectivity index (χ2v) is 8.55. The first-order valence-electron chi connectivity index (χ1n) is 10.5. The highest BCUT2D eigenvalue weighted by atomic mass is 35.5. The van der Waals surface area contributed by atoms with E-state index >= 15 is 0 Å². The summed E-state index contributed by atoms with van der Waals surface area (Å²) in [6, 6.07) is 4.10. The third-order valence-corrected chi connectivity index (χ3v) is 6.47. The summed E-state index contributed by atoms with van der Waals surface area (Å²) < 4.78 is 49.5. The minimum atomic E-state index is -4.59. The average Bonchev–Trinajstić information content (AvgIpc) is 3.26. The molecule has 0 saturated heterocycles. The van der Waals surface area contributed by atoms with E-state index in [-0.39, 0.29) is 29.5 Å². The van der Waals surface area contributed by atoms with Crippen molar-refractivity contribution in [3.8, 4) is 5.75 Å². The zero-order valence-electron chi connectivity index (χ0n) is 19.0. The number of aromatic nitrogens is 4. The van der Waals surface area contributed by atoms with E-state index in [4.69, 9.17) is 16.3 Å². The highest BCUT2D eigenvalue weighted by Crippen LogP contribution is 2.46. The molecule has 2 aromatic heterocycles. The fourth-order valence-electron chi connectivity index (χ4n) is 4.12. The van der Waals surface area contributed by atoms with Crippen molar-refractivity contribution in [1.82, 2.24) is 24.9 Å². The highest BCUT2D eigenvalue weighted by Gasteiger charge is 2.47. The van der Waals surface area contributed by atoms with E-state index < -0.39 is 24.2 Å². The number of nitrogens with zero attached hydrogens (tertiary/aromatic N) is 4. The molecule has 1 amide bonds. The Bertz CT molecular complexity index is 1220. The average molecular weight is 497 g/mol. The predicted octanol–water partition coefficient (Wildman–Crippen LogP) is 4.49. The van der Waals surface area contributed by atoms with Gasteiger partial charge in [-0.2, -0.15) is 23.4 Å². The number of alkyl halides is 3. The van der Waals surface area contributed by atoms with Crippen LogP contribution in [0.5, 0.6) is 5.75 Å². The summed E-state index contributed by atoms with van der Waals surface area (Å²) in [5.74, 6) is -0.124. The van der Waals surface area contributed by atoms with Gasteiger partial charge in [0.15, 0.2) is 11.7 Å². The molecule has 3 heterocycles. The summed E-state index contributed by atoms with van der Waals surface area (Å²) in [6.07, 6.45) is -4.90. The lowest BCUT2D eigenvalue weighted by atomic mass is 9.97. The summed E-state index contributed by atoms with van der Waals surface area (Å²) >= 11 is 6.39. The molecule has 12 heteroatoms. The van der Waals surface area contributed by atoms with E-state index in [9.17, 15) is 18.0 Å². The molecule has 1 aromatic carbocycles. The fraction of sp³-hybridized carbons (Fsp3) is 0.409. The molecular weight excluding hydrogens is 473 g/mol. The molecule has 8 nitrogen and oxygen atoms in total. The molecule has 1 aliphatic rings. The van der Waals surface area contributed by atoms with Crippen molar-refractivity contribution in [2.75, 3.05) is 12.4 Å². The smallest absolute Gasteiger partial charge is 0.410 e. The monoisotopic (exact) mass is 496 g/mol. The van der Waals surface area contributed by atoms with Gasteiger partial charge in [0.2, 0.25) is 0 Å². The molecule has 3 aromatic rings. The normalized spacial score (nSPS) is 17.8. The second kappa shape index (κ2) is 8.86. The van der Waals surface area contributed by atoms with Gasteiger partial charge in [0.05, 0.1) is 18.8 Å². The number of anilines is 1. The van der Waals surface area contributed by atoms with Gasteiger partial charge in [-0.25, -0.2) is 4.68 Å². The van der Waals surface area contributed by atoms with Gasteiger partial charge in [-0.15, -0.1) is 0 Å². The Balaban J connectivity index is 1.63. The van der Waals surface area contributed by atoms with Crippen molar-refractivity contribution < 1.29 is 22.7 Å². The number of amides is 1. The first kappa shape index (κ1) is 23.9. The number of fused-ring (bicyclic) bond motifs is 1. The number of nitrogens with one attached hydrogen (secondary N) is 2. The number of ether oxygens (including phenoxy) is 1. The number of halogens is 4. The molecule has 0 spiro atoms. The number of rotatable bonds is 5. The van der Waals surface area contributed by atoms with Crippen LogP contribution in [0.2, 0.25) is 5.02 Å². The van der Waals surface area contributed by atoms with Crippen LogP contribution in [0.1, 0.15) is 51.5 Å². The maximum Gasteiger partial charge on any atom is 0.410 e. The van der Waals surface area contributed by atoms with Crippen LogP contribution in [0, 0.1) is 13.8 Å². The standard InChI is InChI=1S/C22H24ClF3N6O2/c1-11-15(12(2)31(3)29-11)10-27-21(33)19-18(23)20-28-16(13-5-7-14(34-4)8-6-13)9-17(22(24,25)26)32(20)30-19/h5-8,16-17,28H,9-10H2,1-4H3,(H,27,33)/t16-,17-/m0/s1. The van der Waals surface area contributed by atoms with Crippen LogP contribution >= 0.6 is 11.6 Å². The molecule has 4 rings (SSSR count). The summed E-state index contributed by atoms with van der Waals surface area (Å²) in [6.45, 7) is 3.82. The molecule has 0 bridgehead atoms. The van der Waals surface area contributed by atoms with Gasteiger partial charge < -0.3 is 15.4 Å². The number of aryl methyl sites for hydroxylation is 2. The summed E-state index contributed by atoms with van der Waals surface area (Å²) in [7, 11) is 3.30. The molecule has 1 aliphatic heterocycles. The van der Waals surface area contributed by atoms with E-state index in [1.807, 2.05) is 13.8 Å². The van der Waals surface area contributed by atoms with Crippen LogP contribution in [0.4, 0.5) is 19.0 Å².